The van der Waals surface area contributed by atoms with Gasteiger partial charge in [0.25, 0.3) is 0 Å². The van der Waals surface area contributed by atoms with Gasteiger partial charge in [0.15, 0.2) is 0 Å². The summed E-state index contributed by atoms with van der Waals surface area (Å²) in [6, 6.07) is 0.343. The predicted octanol–water partition coefficient (Wildman–Crippen LogP) is 1.70. The molecular weight excluding hydrogens is 138 g/mol. The first-order valence-corrected chi connectivity index (χ1v) is 4.19. The topological polar surface area (TPSA) is 36.8 Å². The molecular formula is C8H19N3. The monoisotopic (exact) mass is 157 g/mol. The molecule has 2 atom stereocenters. The molecule has 0 aromatic heterocycles. The van der Waals surface area contributed by atoms with Crippen LogP contribution >= 0.6 is 0 Å². The molecule has 0 spiro atoms. The summed E-state index contributed by atoms with van der Waals surface area (Å²) in [6.45, 7) is 5.31. The van der Waals surface area contributed by atoms with Crippen molar-refractivity contribution in [1.82, 2.24) is 5.32 Å². The van der Waals surface area contributed by atoms with Gasteiger partial charge in [-0.05, 0) is 13.0 Å². The molecule has 2 unspecified atom stereocenters. The van der Waals surface area contributed by atoms with Crippen LogP contribution in [-0.4, -0.2) is 26.7 Å². The lowest BCUT2D eigenvalue weighted by molar-refractivity contribution is 0.418. The van der Waals surface area contributed by atoms with E-state index in [-0.39, 0.29) is 0 Å². The molecule has 0 aliphatic heterocycles. The Kier molecular flexibility index (Phi) is 6.03. The molecule has 0 aromatic rings. The summed E-state index contributed by atoms with van der Waals surface area (Å²) < 4.78 is 0. The van der Waals surface area contributed by atoms with Crippen LogP contribution in [0.1, 0.15) is 20.3 Å². The first-order chi connectivity index (χ1) is 5.26. The Labute approximate surface area is 69.3 Å². The van der Waals surface area contributed by atoms with Gasteiger partial charge in [-0.3, -0.25) is 0 Å². The second-order valence-corrected chi connectivity index (χ2v) is 2.83. The molecule has 0 saturated heterocycles. The zero-order chi connectivity index (χ0) is 8.69. The Morgan fingerprint density at radius 2 is 2.09 bits per heavy atom. The summed E-state index contributed by atoms with van der Waals surface area (Å²) in [5, 5.41) is 11.1. The maximum absolute atomic E-state index is 4.15. The average molecular weight is 157 g/mol. The second-order valence-electron chi connectivity index (χ2n) is 2.83. The highest BCUT2D eigenvalue weighted by molar-refractivity contribution is 4.72. The van der Waals surface area contributed by atoms with E-state index in [1.54, 1.807) is 7.05 Å². The smallest absolute Gasteiger partial charge is 0.0857 e. The fraction of sp³-hybridized carbons (Fsp3) is 1.00. The normalized spacial score (nSPS) is 17.1. The van der Waals surface area contributed by atoms with Crippen molar-refractivity contribution < 1.29 is 0 Å². The van der Waals surface area contributed by atoms with Crippen molar-refractivity contribution >= 4 is 0 Å². The second kappa shape index (κ2) is 6.28. The van der Waals surface area contributed by atoms with Crippen molar-refractivity contribution in [2.45, 2.75) is 26.3 Å². The molecule has 3 heteroatoms. The lowest BCUT2D eigenvalue weighted by Crippen LogP contribution is -2.27. The molecule has 11 heavy (non-hydrogen) atoms. The van der Waals surface area contributed by atoms with E-state index in [1.807, 2.05) is 7.05 Å². The van der Waals surface area contributed by atoms with Crippen molar-refractivity contribution in [3.8, 4) is 0 Å². The third-order valence-corrected chi connectivity index (χ3v) is 1.98. The number of hydrogen-bond donors (Lipinski definition) is 1. The van der Waals surface area contributed by atoms with Crippen LogP contribution in [0, 0.1) is 5.92 Å². The van der Waals surface area contributed by atoms with E-state index < -0.39 is 0 Å². The van der Waals surface area contributed by atoms with E-state index in [0.717, 1.165) is 13.0 Å². The van der Waals surface area contributed by atoms with Gasteiger partial charge < -0.3 is 5.32 Å². The van der Waals surface area contributed by atoms with Crippen molar-refractivity contribution in [3.63, 3.8) is 0 Å². The molecule has 0 radical (unpaired) electrons. The summed E-state index contributed by atoms with van der Waals surface area (Å²) in [6.07, 6.45) is 1.16. The fourth-order valence-corrected chi connectivity index (χ4v) is 0.985. The molecule has 1 N–H and O–H groups in total. The minimum absolute atomic E-state index is 0.343. The maximum Gasteiger partial charge on any atom is 0.0857 e. The lowest BCUT2D eigenvalue weighted by Gasteiger charge is -2.16. The summed E-state index contributed by atoms with van der Waals surface area (Å²) >= 11 is 0. The minimum Gasteiger partial charge on any atom is -0.318 e. The van der Waals surface area contributed by atoms with Crippen LogP contribution in [0.25, 0.3) is 0 Å². The third-order valence-electron chi connectivity index (χ3n) is 1.98. The highest BCUT2D eigenvalue weighted by Crippen LogP contribution is 2.10. The van der Waals surface area contributed by atoms with E-state index in [0.29, 0.717) is 12.0 Å². The standard InChI is InChI=1S/C8H19N3/c1-5-7(2)8(6-9-3)11-10-4/h7-9H,5-6H2,1-4H3. The molecule has 0 bridgehead atoms. The summed E-state index contributed by atoms with van der Waals surface area (Å²) in [4.78, 5) is 0. The molecule has 0 fully saturated rings. The van der Waals surface area contributed by atoms with E-state index in [2.05, 4.69) is 29.4 Å². The number of nitrogens with one attached hydrogen (secondary N) is 1. The number of azo groups is 1. The summed E-state index contributed by atoms with van der Waals surface area (Å²) in [7, 11) is 3.67. The largest absolute Gasteiger partial charge is 0.318 e. The van der Waals surface area contributed by atoms with Crippen LogP contribution in [-0.2, 0) is 0 Å². The lowest BCUT2D eigenvalue weighted by atomic mass is 10.0. The van der Waals surface area contributed by atoms with Gasteiger partial charge in [-0.15, -0.1) is 0 Å². The first-order valence-electron chi connectivity index (χ1n) is 4.19. The molecule has 0 aliphatic carbocycles. The van der Waals surface area contributed by atoms with Gasteiger partial charge in [-0.25, -0.2) is 0 Å². The Morgan fingerprint density at radius 3 is 2.45 bits per heavy atom. The van der Waals surface area contributed by atoms with E-state index in [4.69, 9.17) is 0 Å². The van der Waals surface area contributed by atoms with Crippen LogP contribution < -0.4 is 5.32 Å². The van der Waals surface area contributed by atoms with E-state index in [9.17, 15) is 0 Å². The van der Waals surface area contributed by atoms with Gasteiger partial charge in [0, 0.05) is 13.6 Å². The maximum atomic E-state index is 4.15. The van der Waals surface area contributed by atoms with Crippen molar-refractivity contribution in [1.29, 1.82) is 0 Å². The van der Waals surface area contributed by atoms with Crippen molar-refractivity contribution in [2.24, 2.45) is 16.1 Å². The highest BCUT2D eigenvalue weighted by Gasteiger charge is 2.12. The number of hydrogen-bond acceptors (Lipinski definition) is 3. The van der Waals surface area contributed by atoms with Crippen molar-refractivity contribution in [2.75, 3.05) is 20.6 Å². The van der Waals surface area contributed by atoms with Gasteiger partial charge in [0.05, 0.1) is 6.04 Å². The Balaban J connectivity index is 3.86. The first kappa shape index (κ1) is 10.6. The molecule has 0 amide bonds. The van der Waals surface area contributed by atoms with Gasteiger partial charge in [0.1, 0.15) is 0 Å². The van der Waals surface area contributed by atoms with Gasteiger partial charge in [-0.2, -0.15) is 10.2 Å². The molecule has 66 valence electrons. The summed E-state index contributed by atoms with van der Waals surface area (Å²) in [5.74, 6) is 0.617. The quantitative estimate of drug-likeness (QED) is 0.606. The van der Waals surface area contributed by atoms with Crippen LogP contribution in [0.5, 0.6) is 0 Å². The molecule has 0 rings (SSSR count). The third kappa shape index (κ3) is 4.09. The number of nitrogens with zero attached hydrogens (tertiary/aromatic N) is 2. The molecule has 3 nitrogen and oxygen atoms in total. The Hall–Kier alpha value is -0.440. The van der Waals surface area contributed by atoms with E-state index in [1.165, 1.54) is 0 Å². The van der Waals surface area contributed by atoms with Crippen LogP contribution in [0.4, 0.5) is 0 Å². The molecule has 0 aromatic carbocycles. The van der Waals surface area contributed by atoms with Gasteiger partial charge >= 0.3 is 0 Å². The zero-order valence-corrected chi connectivity index (χ0v) is 7.96. The van der Waals surface area contributed by atoms with Crippen LogP contribution in [0.2, 0.25) is 0 Å². The molecule has 0 aliphatic rings. The van der Waals surface area contributed by atoms with Crippen LogP contribution in [0.3, 0.4) is 0 Å². The Morgan fingerprint density at radius 1 is 1.45 bits per heavy atom. The minimum atomic E-state index is 0.343. The SMILES string of the molecule is CCC(C)C(CNC)N=NC. The van der Waals surface area contributed by atoms with E-state index >= 15 is 0 Å². The Bertz CT molecular complexity index is 112. The number of rotatable bonds is 5. The molecule has 0 saturated carbocycles. The average Bonchev–Trinajstić information content (AvgIpc) is 2.03. The predicted molar refractivity (Wildman–Crippen MR) is 47.9 cm³/mol. The number of likely N-dealkylation sites (N-methyl/N-ethyl adjacent to an activating group) is 1. The van der Waals surface area contributed by atoms with Crippen LogP contribution in [0.15, 0.2) is 10.2 Å². The molecule has 0 heterocycles. The van der Waals surface area contributed by atoms with Crippen molar-refractivity contribution in [3.05, 3.63) is 0 Å². The highest BCUT2D eigenvalue weighted by atomic mass is 15.1. The van der Waals surface area contributed by atoms with Gasteiger partial charge in [0.2, 0.25) is 0 Å². The zero-order valence-electron chi connectivity index (χ0n) is 7.96. The summed E-state index contributed by atoms with van der Waals surface area (Å²) in [5.41, 5.74) is 0. The van der Waals surface area contributed by atoms with Gasteiger partial charge in [-0.1, -0.05) is 20.3 Å². The fourth-order valence-electron chi connectivity index (χ4n) is 0.985.